The first kappa shape index (κ1) is 29.1. The van der Waals surface area contributed by atoms with Gasteiger partial charge in [-0.05, 0) is 55.5 Å². The number of halogens is 3. The van der Waals surface area contributed by atoms with E-state index in [0.717, 1.165) is 5.69 Å². The van der Waals surface area contributed by atoms with Gasteiger partial charge in [-0.3, -0.25) is 19.0 Å². The van der Waals surface area contributed by atoms with Crippen LogP contribution in [0.5, 0.6) is 0 Å². The van der Waals surface area contributed by atoms with Crippen molar-refractivity contribution >= 4 is 62.1 Å². The van der Waals surface area contributed by atoms with E-state index in [-0.39, 0.29) is 16.5 Å². The van der Waals surface area contributed by atoms with E-state index in [0.29, 0.717) is 58.2 Å². The molecule has 5 rings (SSSR count). The van der Waals surface area contributed by atoms with Crippen molar-refractivity contribution in [1.82, 2.24) is 14.3 Å². The maximum absolute atomic E-state index is 13.2. The van der Waals surface area contributed by atoms with E-state index in [1.54, 1.807) is 60.0 Å². The maximum Gasteiger partial charge on any atom is 0.296 e. The Morgan fingerprint density at radius 3 is 2.02 bits per heavy atom. The molecule has 214 valence electrons. The van der Waals surface area contributed by atoms with Gasteiger partial charge in [-0.2, -0.15) is 0 Å². The summed E-state index contributed by atoms with van der Waals surface area (Å²) in [6, 6.07) is 18.1. The highest BCUT2D eigenvalue weighted by Crippen LogP contribution is 2.35. The minimum Gasteiger partial charge on any atom is -0.368 e. The highest BCUT2D eigenvalue weighted by atomic mass is 35.5. The fourth-order valence-corrected chi connectivity index (χ4v) is 6.43. The molecule has 1 aliphatic rings. The van der Waals surface area contributed by atoms with Crippen molar-refractivity contribution in [1.29, 1.82) is 0 Å². The zero-order valence-electron chi connectivity index (χ0n) is 22.1. The molecule has 0 bridgehead atoms. The predicted molar refractivity (Wildman–Crippen MR) is 163 cm³/mol. The molecule has 0 atom stereocenters. The topological polar surface area (TPSA) is 96.7 Å². The second-order valence-electron chi connectivity index (χ2n) is 9.57. The molecule has 13 heteroatoms. The smallest absolute Gasteiger partial charge is 0.296 e. The van der Waals surface area contributed by atoms with Crippen LogP contribution in [0.2, 0.25) is 15.1 Å². The van der Waals surface area contributed by atoms with Gasteiger partial charge in [0.1, 0.15) is 5.69 Å². The summed E-state index contributed by atoms with van der Waals surface area (Å²) in [6.07, 6.45) is 0. The first-order valence-corrected chi connectivity index (χ1v) is 15.3. The van der Waals surface area contributed by atoms with Gasteiger partial charge < -0.3 is 9.80 Å². The lowest BCUT2D eigenvalue weighted by molar-refractivity contribution is 0.0746. The minimum atomic E-state index is -4.10. The van der Waals surface area contributed by atoms with E-state index in [9.17, 15) is 18.0 Å². The Bertz CT molecular complexity index is 1760. The SMILES string of the molecule is Cc1c(NS(=O)(=O)c2ccc(C(=O)N3CCN(c4cc(Cl)c(Cl)c(Cl)c4)CC3)cc2)c(=O)n(-c2ccccc2)n1C. The first-order valence-electron chi connectivity index (χ1n) is 12.6. The van der Waals surface area contributed by atoms with Crippen LogP contribution in [0.1, 0.15) is 16.1 Å². The summed E-state index contributed by atoms with van der Waals surface area (Å²) in [4.78, 5) is 30.0. The number of nitrogens with one attached hydrogen (secondary N) is 1. The molecule has 3 aromatic carbocycles. The lowest BCUT2D eigenvalue weighted by Gasteiger charge is -2.36. The van der Waals surface area contributed by atoms with Crippen LogP contribution in [0, 0.1) is 6.92 Å². The molecule has 0 spiro atoms. The third-order valence-corrected chi connectivity index (χ3v) is 9.67. The molecule has 0 radical (unpaired) electrons. The van der Waals surface area contributed by atoms with Gasteiger partial charge in [-0.15, -0.1) is 0 Å². The van der Waals surface area contributed by atoms with Gasteiger partial charge in [0.05, 0.1) is 31.3 Å². The van der Waals surface area contributed by atoms with Gasteiger partial charge in [0, 0.05) is 44.5 Å². The lowest BCUT2D eigenvalue weighted by atomic mass is 10.1. The summed E-state index contributed by atoms with van der Waals surface area (Å²) < 4.78 is 31.8. The maximum atomic E-state index is 13.2. The van der Waals surface area contributed by atoms with Crippen LogP contribution in [0.4, 0.5) is 11.4 Å². The molecule has 2 heterocycles. The fraction of sp³-hybridized carbons (Fsp3) is 0.214. The number of para-hydroxylation sites is 1. The van der Waals surface area contributed by atoms with Crippen LogP contribution in [0.15, 0.2) is 76.4 Å². The number of aromatic nitrogens is 2. The number of nitrogens with zero attached hydrogens (tertiary/aromatic N) is 4. The molecule has 1 aromatic heterocycles. The minimum absolute atomic E-state index is 0.0439. The predicted octanol–water partition coefficient (Wildman–Crippen LogP) is 5.21. The quantitative estimate of drug-likeness (QED) is 0.294. The average Bonchev–Trinajstić information content (AvgIpc) is 3.18. The number of sulfonamides is 1. The Balaban J connectivity index is 1.28. The monoisotopic (exact) mass is 633 g/mol. The van der Waals surface area contributed by atoms with Crippen LogP contribution >= 0.6 is 34.8 Å². The number of benzene rings is 3. The van der Waals surface area contributed by atoms with Crippen molar-refractivity contribution in [2.45, 2.75) is 11.8 Å². The molecule has 1 N–H and O–H groups in total. The molecule has 0 unspecified atom stereocenters. The Hall–Kier alpha value is -3.44. The summed E-state index contributed by atoms with van der Waals surface area (Å²) in [7, 11) is -2.42. The van der Waals surface area contributed by atoms with Crippen LogP contribution in [0.25, 0.3) is 5.69 Å². The molecular weight excluding hydrogens is 609 g/mol. The number of hydrogen-bond donors (Lipinski definition) is 1. The molecule has 1 saturated heterocycles. The zero-order valence-corrected chi connectivity index (χ0v) is 25.2. The molecule has 0 saturated carbocycles. The number of amides is 1. The standard InChI is InChI=1S/C28H26Cl3N5O4S/c1-18-26(28(38)36(33(18)2)20-6-4-3-5-7-20)32-41(39,40)22-10-8-19(9-11-22)27(37)35-14-12-34(13-15-35)21-16-23(29)25(31)24(30)17-21/h3-11,16-17,32H,12-15H2,1-2H3. The Morgan fingerprint density at radius 2 is 1.44 bits per heavy atom. The van der Waals surface area contributed by atoms with E-state index in [4.69, 9.17) is 34.8 Å². The van der Waals surface area contributed by atoms with Crippen molar-refractivity contribution in [3.63, 3.8) is 0 Å². The molecule has 4 aromatic rings. The third kappa shape index (κ3) is 5.70. The number of anilines is 2. The van der Waals surface area contributed by atoms with E-state index in [1.807, 2.05) is 6.07 Å². The van der Waals surface area contributed by atoms with E-state index < -0.39 is 15.6 Å². The molecule has 1 fully saturated rings. The summed E-state index contributed by atoms with van der Waals surface area (Å²) in [5, 5.41) is 1.03. The van der Waals surface area contributed by atoms with Crippen LogP contribution < -0.4 is 15.2 Å². The lowest BCUT2D eigenvalue weighted by Crippen LogP contribution is -2.48. The van der Waals surface area contributed by atoms with E-state index in [2.05, 4.69) is 9.62 Å². The van der Waals surface area contributed by atoms with Crippen molar-refractivity contribution in [2.75, 3.05) is 35.8 Å². The van der Waals surface area contributed by atoms with E-state index >= 15 is 0 Å². The summed E-state index contributed by atoms with van der Waals surface area (Å²) in [6.45, 7) is 3.70. The Kier molecular flexibility index (Phi) is 8.11. The number of piperazine rings is 1. The van der Waals surface area contributed by atoms with Gasteiger partial charge in [0.2, 0.25) is 0 Å². The van der Waals surface area contributed by atoms with Crippen molar-refractivity contribution in [3.8, 4) is 5.69 Å². The summed E-state index contributed by atoms with van der Waals surface area (Å²) >= 11 is 18.4. The fourth-order valence-electron chi connectivity index (χ4n) is 4.73. The second-order valence-corrected chi connectivity index (χ2v) is 12.4. The molecule has 9 nitrogen and oxygen atoms in total. The van der Waals surface area contributed by atoms with Gasteiger partial charge in [-0.1, -0.05) is 53.0 Å². The highest BCUT2D eigenvalue weighted by molar-refractivity contribution is 7.92. The van der Waals surface area contributed by atoms with Crippen LogP contribution in [-0.4, -0.2) is 54.8 Å². The van der Waals surface area contributed by atoms with Crippen molar-refractivity contribution in [2.24, 2.45) is 7.05 Å². The summed E-state index contributed by atoms with van der Waals surface area (Å²) in [5.74, 6) is -0.210. The normalized spacial score (nSPS) is 13.9. The molecule has 41 heavy (non-hydrogen) atoms. The van der Waals surface area contributed by atoms with Gasteiger partial charge in [0.15, 0.2) is 0 Å². The Labute approximate surface area is 252 Å². The van der Waals surface area contributed by atoms with Gasteiger partial charge >= 0.3 is 0 Å². The molecule has 1 aliphatic heterocycles. The Morgan fingerprint density at radius 1 is 0.854 bits per heavy atom. The van der Waals surface area contributed by atoms with Gasteiger partial charge in [-0.25, -0.2) is 13.1 Å². The first-order chi connectivity index (χ1) is 19.5. The van der Waals surface area contributed by atoms with Gasteiger partial charge in [0.25, 0.3) is 21.5 Å². The third-order valence-electron chi connectivity index (χ3n) is 7.10. The molecule has 1 amide bonds. The van der Waals surface area contributed by atoms with Crippen LogP contribution in [0.3, 0.4) is 0 Å². The second kappa shape index (κ2) is 11.4. The van der Waals surface area contributed by atoms with E-state index in [1.165, 1.54) is 28.9 Å². The van der Waals surface area contributed by atoms with Crippen molar-refractivity contribution < 1.29 is 13.2 Å². The van der Waals surface area contributed by atoms with Crippen molar-refractivity contribution in [3.05, 3.63) is 103 Å². The van der Waals surface area contributed by atoms with Crippen LogP contribution in [-0.2, 0) is 17.1 Å². The molecular formula is C28H26Cl3N5O4S. The number of carbonyl (C=O) groups is 1. The highest BCUT2D eigenvalue weighted by Gasteiger charge is 2.25. The summed E-state index contributed by atoms with van der Waals surface area (Å²) in [5.41, 5.74) is 1.71. The zero-order chi connectivity index (χ0) is 29.5. The average molecular weight is 635 g/mol. The number of carbonyl (C=O) groups excluding carboxylic acids is 1. The number of rotatable bonds is 6. The largest absolute Gasteiger partial charge is 0.368 e. The number of hydrogen-bond acceptors (Lipinski definition) is 5. The molecule has 0 aliphatic carbocycles.